The van der Waals surface area contributed by atoms with Crippen molar-refractivity contribution in [1.29, 1.82) is 0 Å². The van der Waals surface area contributed by atoms with Crippen molar-refractivity contribution in [2.75, 3.05) is 4.90 Å². The average molecular weight is 642 g/mol. The van der Waals surface area contributed by atoms with E-state index in [1.54, 1.807) is 0 Å². The van der Waals surface area contributed by atoms with Crippen molar-refractivity contribution in [1.82, 2.24) is 0 Å². The number of thiophene rings is 2. The first-order chi connectivity index (χ1) is 21.8. The third-order valence-electron chi connectivity index (χ3n) is 8.46. The van der Waals surface area contributed by atoms with Crippen LogP contribution in [-0.2, 0) is 0 Å². The fourth-order valence-corrected chi connectivity index (χ4v) is 11.4. The zero-order valence-electron chi connectivity index (χ0n) is 26.2. The molecule has 6 rings (SSSR count). The minimum atomic E-state index is -2.56. The molecule has 0 saturated carbocycles. The second-order valence-corrected chi connectivity index (χ2v) is 18.7. The lowest BCUT2D eigenvalue weighted by molar-refractivity contribution is 0.513. The molecule has 0 atom stereocenters. The van der Waals surface area contributed by atoms with Crippen molar-refractivity contribution in [2.45, 2.75) is 38.8 Å². The van der Waals surface area contributed by atoms with Crippen LogP contribution >= 0.6 is 22.7 Å². The van der Waals surface area contributed by atoms with Crippen molar-refractivity contribution < 1.29 is 4.80 Å². The molecule has 4 aromatic carbocycles. The molecule has 6 aromatic rings. The van der Waals surface area contributed by atoms with Gasteiger partial charge in [-0.3, -0.25) is 0 Å². The van der Waals surface area contributed by atoms with Crippen LogP contribution in [0.1, 0.15) is 38.1 Å². The highest BCUT2D eigenvalue weighted by Crippen LogP contribution is 2.40. The molecule has 5 heteroatoms. The van der Waals surface area contributed by atoms with Gasteiger partial charge in [-0.05, 0) is 94.1 Å². The van der Waals surface area contributed by atoms with Gasteiger partial charge in [0.2, 0.25) is 8.32 Å². The van der Waals surface area contributed by atoms with Crippen molar-refractivity contribution in [3.8, 4) is 20.2 Å². The molecule has 0 unspecified atom stereocenters. The summed E-state index contributed by atoms with van der Waals surface area (Å²) in [6.07, 6.45) is 4.36. The molecule has 0 radical (unpaired) electrons. The van der Waals surface area contributed by atoms with Gasteiger partial charge in [0.1, 0.15) is 0 Å². The predicted molar refractivity (Wildman–Crippen MR) is 201 cm³/mol. The number of benzene rings is 4. The molecular formula is C40H39NOS2Si. The minimum absolute atomic E-state index is 0.267. The van der Waals surface area contributed by atoms with E-state index in [1.165, 1.54) is 25.1 Å². The van der Waals surface area contributed by atoms with E-state index in [9.17, 15) is 4.80 Å². The Kier molecular flexibility index (Phi) is 9.33. The summed E-state index contributed by atoms with van der Waals surface area (Å²) in [4.78, 5) is 18.9. The highest BCUT2D eigenvalue weighted by Gasteiger charge is 2.40. The summed E-state index contributed by atoms with van der Waals surface area (Å²) in [6.45, 7) is 8.60. The normalized spacial score (nSPS) is 12.0. The number of para-hydroxylation sites is 2. The zero-order chi connectivity index (χ0) is 31.4. The summed E-state index contributed by atoms with van der Waals surface area (Å²) < 4.78 is 0. The Morgan fingerprint density at radius 3 is 1.73 bits per heavy atom. The van der Waals surface area contributed by atoms with Gasteiger partial charge in [-0.2, -0.15) is 0 Å². The van der Waals surface area contributed by atoms with E-state index in [2.05, 4.69) is 178 Å². The summed E-state index contributed by atoms with van der Waals surface area (Å²) in [6, 6.07) is 47.3. The fourth-order valence-electron chi connectivity index (χ4n) is 5.98. The monoisotopic (exact) mass is 641 g/mol. The first-order valence-corrected chi connectivity index (χ1v) is 19.3. The van der Waals surface area contributed by atoms with Gasteiger partial charge in [0.25, 0.3) is 0 Å². The first-order valence-electron chi connectivity index (χ1n) is 15.5. The Morgan fingerprint density at radius 2 is 1.11 bits per heavy atom. The molecule has 0 aliphatic rings. The molecule has 0 aliphatic heterocycles. The van der Waals surface area contributed by atoms with E-state index in [1.807, 2.05) is 22.7 Å². The van der Waals surface area contributed by atoms with Crippen LogP contribution in [0.25, 0.3) is 32.3 Å². The Labute approximate surface area is 276 Å². The van der Waals surface area contributed by atoms with Gasteiger partial charge in [-0.15, -0.1) is 22.7 Å². The van der Waals surface area contributed by atoms with Crippen LogP contribution in [0, 0.1) is 0 Å². The number of rotatable bonds is 10. The standard InChI is InChI=1S/C40H39NOS2Si/c1-29(2)45(42,30(3)4)37-17-11-12-31(28-37)18-23-36-24-25-39(43-36)40-27-26-38(44-40)32-19-21-35(22-20-32)41(33-13-7-5-8-14-33)34-15-9-6-10-16-34/h5-30,42H,1-4H3. The second-order valence-electron chi connectivity index (χ2n) is 12.0. The third kappa shape index (κ3) is 6.68. The Bertz CT molecular complexity index is 1820. The first kappa shape index (κ1) is 31.0. The van der Waals surface area contributed by atoms with E-state index >= 15 is 0 Å². The highest BCUT2D eigenvalue weighted by atomic mass is 32.1. The Morgan fingerprint density at radius 1 is 0.556 bits per heavy atom. The summed E-state index contributed by atoms with van der Waals surface area (Å²) in [7, 11) is -2.56. The van der Waals surface area contributed by atoms with Gasteiger partial charge in [0.05, 0.1) is 0 Å². The zero-order valence-corrected chi connectivity index (χ0v) is 28.9. The quantitative estimate of drug-likeness (QED) is 0.150. The van der Waals surface area contributed by atoms with E-state index in [0.29, 0.717) is 0 Å². The largest absolute Gasteiger partial charge is 0.427 e. The molecule has 0 saturated heterocycles. The molecule has 2 nitrogen and oxygen atoms in total. The van der Waals surface area contributed by atoms with Crippen LogP contribution in [0.2, 0.25) is 11.1 Å². The van der Waals surface area contributed by atoms with Crippen LogP contribution in [-0.4, -0.2) is 13.1 Å². The second kappa shape index (κ2) is 13.6. The molecule has 1 N–H and O–H groups in total. The molecule has 0 fully saturated rings. The summed E-state index contributed by atoms with van der Waals surface area (Å²) in [5, 5.41) is 1.12. The Balaban J connectivity index is 1.19. The van der Waals surface area contributed by atoms with Crippen LogP contribution < -0.4 is 10.1 Å². The summed E-state index contributed by atoms with van der Waals surface area (Å²) in [5.74, 6) is 0. The number of anilines is 3. The van der Waals surface area contributed by atoms with Crippen molar-refractivity contribution in [3.63, 3.8) is 0 Å². The lowest BCUT2D eigenvalue weighted by atomic mass is 10.1. The van der Waals surface area contributed by atoms with E-state index in [0.717, 1.165) is 27.8 Å². The van der Waals surface area contributed by atoms with Gasteiger partial charge in [0.15, 0.2) is 0 Å². The van der Waals surface area contributed by atoms with E-state index in [-0.39, 0.29) is 11.1 Å². The predicted octanol–water partition coefficient (Wildman–Crippen LogP) is 11.7. The molecule has 2 heterocycles. The molecular weight excluding hydrogens is 603 g/mol. The molecule has 0 spiro atoms. The molecule has 0 aliphatic carbocycles. The summed E-state index contributed by atoms with van der Waals surface area (Å²) in [5.41, 5.74) is 6.30. The number of hydrogen-bond acceptors (Lipinski definition) is 4. The molecule has 0 bridgehead atoms. The van der Waals surface area contributed by atoms with Gasteiger partial charge in [0, 0.05) is 36.6 Å². The molecule has 45 heavy (non-hydrogen) atoms. The maximum Gasteiger partial charge on any atom is 0.225 e. The maximum atomic E-state index is 11.6. The average Bonchev–Trinajstić information content (AvgIpc) is 3.75. The van der Waals surface area contributed by atoms with Crippen LogP contribution in [0.4, 0.5) is 17.1 Å². The molecule has 0 amide bonds. The van der Waals surface area contributed by atoms with E-state index in [4.69, 9.17) is 0 Å². The van der Waals surface area contributed by atoms with Crippen LogP contribution in [0.15, 0.2) is 133 Å². The lowest BCUT2D eigenvalue weighted by Crippen LogP contribution is -2.53. The minimum Gasteiger partial charge on any atom is -0.427 e. The summed E-state index contributed by atoms with van der Waals surface area (Å²) >= 11 is 3.64. The molecule has 2 aromatic heterocycles. The smallest absolute Gasteiger partial charge is 0.225 e. The SMILES string of the molecule is CC(C)[Si](O)(c1cccc(C=Cc2ccc(-c3ccc(-c4ccc(N(c5ccccc5)c5ccccc5)cc4)s3)s2)c1)C(C)C. The topological polar surface area (TPSA) is 23.5 Å². The van der Waals surface area contributed by atoms with Gasteiger partial charge in [-0.1, -0.05) is 107 Å². The maximum absolute atomic E-state index is 11.6. The highest BCUT2D eigenvalue weighted by molar-refractivity contribution is 7.24. The van der Waals surface area contributed by atoms with Crippen molar-refractivity contribution in [2.24, 2.45) is 0 Å². The molecule has 226 valence electrons. The van der Waals surface area contributed by atoms with Gasteiger partial charge >= 0.3 is 0 Å². The number of hydrogen-bond donors (Lipinski definition) is 1. The lowest BCUT2D eigenvalue weighted by Gasteiger charge is -2.33. The Hall–Kier alpha value is -4.00. The van der Waals surface area contributed by atoms with Crippen LogP contribution in [0.3, 0.4) is 0 Å². The van der Waals surface area contributed by atoms with E-state index < -0.39 is 8.32 Å². The van der Waals surface area contributed by atoms with Gasteiger partial charge in [-0.25, -0.2) is 0 Å². The van der Waals surface area contributed by atoms with Gasteiger partial charge < -0.3 is 9.70 Å². The van der Waals surface area contributed by atoms with Crippen LogP contribution in [0.5, 0.6) is 0 Å². The third-order valence-corrected chi connectivity index (χ3v) is 15.6. The van der Waals surface area contributed by atoms with Crippen molar-refractivity contribution in [3.05, 3.63) is 144 Å². The number of nitrogens with zero attached hydrogens (tertiary/aromatic N) is 1. The fraction of sp³-hybridized carbons (Fsp3) is 0.150. The van der Waals surface area contributed by atoms with Crippen molar-refractivity contribution >= 4 is 65.4 Å².